The molecule has 2 aromatic carbocycles. The number of ether oxygens (including phenoxy) is 1. The fraction of sp³-hybridized carbons (Fsp3) is 0.0667. The topological polar surface area (TPSA) is 143 Å². The molecule has 0 bridgehead atoms. The highest BCUT2D eigenvalue weighted by Gasteiger charge is 2.20. The van der Waals surface area contributed by atoms with Crippen molar-refractivity contribution in [1.82, 2.24) is 16.3 Å². The largest absolute Gasteiger partial charge is 0.497 e. The van der Waals surface area contributed by atoms with Gasteiger partial charge in [-0.05, 0) is 24.3 Å². The van der Waals surface area contributed by atoms with Gasteiger partial charge in [-0.2, -0.15) is 12.8 Å². The molecule has 3 amide bonds. The van der Waals surface area contributed by atoms with Crippen LogP contribution in [0.5, 0.6) is 5.75 Å². The van der Waals surface area contributed by atoms with E-state index in [9.17, 15) is 22.4 Å². The molecular weight excluding hydrogens is 381 g/mol. The summed E-state index contributed by atoms with van der Waals surface area (Å²) >= 11 is 0. The Kier molecular flexibility index (Phi) is 6.28. The van der Waals surface area contributed by atoms with Gasteiger partial charge < -0.3 is 4.74 Å². The van der Waals surface area contributed by atoms with Crippen LogP contribution in [0.2, 0.25) is 0 Å². The third-order valence-corrected chi connectivity index (χ3v) is 3.98. The molecule has 144 valence electrons. The van der Waals surface area contributed by atoms with E-state index in [0.29, 0.717) is 4.41 Å². The number of nitrogens with zero attached hydrogens (tertiary/aromatic N) is 1. The average molecular weight is 397 g/mol. The summed E-state index contributed by atoms with van der Waals surface area (Å²) in [5, 5.41) is 6.91. The van der Waals surface area contributed by atoms with Crippen molar-refractivity contribution in [2.45, 2.75) is 0 Å². The predicted octanol–water partition coefficient (Wildman–Crippen LogP) is 0.403. The van der Waals surface area contributed by atoms with Crippen molar-refractivity contribution in [1.29, 1.82) is 0 Å². The second-order valence-corrected chi connectivity index (χ2v) is 6.41. The summed E-state index contributed by atoms with van der Waals surface area (Å²) in [6.07, 6.45) is 0. The molecule has 2 rings (SSSR count). The molecule has 0 unspecified atom stereocenters. The first-order valence-corrected chi connectivity index (χ1v) is 8.81. The van der Waals surface area contributed by atoms with E-state index in [2.05, 4.69) is 5.53 Å². The fourth-order valence-electron chi connectivity index (χ4n) is 1.95. The van der Waals surface area contributed by atoms with E-state index < -0.39 is 33.5 Å². The molecule has 2 aromatic rings. The summed E-state index contributed by atoms with van der Waals surface area (Å²) in [5.74, 6) is -1.75. The molecule has 0 saturated heterocycles. The maximum atomic E-state index is 13.8. The number of amides is 3. The minimum absolute atomic E-state index is 0.104. The number of imide groups is 1. The van der Waals surface area contributed by atoms with E-state index >= 15 is 0 Å². The first-order valence-electron chi connectivity index (χ1n) is 7.31. The highest BCUT2D eigenvalue weighted by molar-refractivity contribution is 7.90. The number of nitrogens with one attached hydrogen (secondary N) is 3. The lowest BCUT2D eigenvalue weighted by Crippen LogP contribution is -2.57. The van der Waals surface area contributed by atoms with E-state index in [4.69, 9.17) is 9.88 Å². The Morgan fingerprint density at radius 2 is 1.81 bits per heavy atom. The minimum atomic E-state index is -4.29. The zero-order valence-corrected chi connectivity index (χ0v) is 14.8. The number of methoxy groups -OCH3 is 1. The highest BCUT2D eigenvalue weighted by atomic mass is 32.2. The van der Waals surface area contributed by atoms with Crippen LogP contribution in [-0.4, -0.2) is 27.5 Å². The first-order chi connectivity index (χ1) is 12.7. The van der Waals surface area contributed by atoms with Crippen molar-refractivity contribution < 1.29 is 27.1 Å². The molecule has 0 aromatic heterocycles. The maximum Gasteiger partial charge on any atom is 0.337 e. The summed E-state index contributed by atoms with van der Waals surface area (Å²) < 4.78 is 42.4. The molecule has 0 aliphatic carbocycles. The number of carbonyl (C=O) groups excluding carboxylic acids is 2. The Hall–Kier alpha value is -3.22. The van der Waals surface area contributed by atoms with Crippen LogP contribution in [-0.2, 0) is 10.2 Å². The van der Waals surface area contributed by atoms with Gasteiger partial charge in [0.25, 0.3) is 5.91 Å². The minimum Gasteiger partial charge on any atom is -0.497 e. The number of hydrogen-bond donors (Lipinski definition) is 4. The number of para-hydroxylation sites is 1. The molecule has 27 heavy (non-hydrogen) atoms. The molecule has 0 fully saturated rings. The van der Waals surface area contributed by atoms with Gasteiger partial charge in [0.1, 0.15) is 11.6 Å². The smallest absolute Gasteiger partial charge is 0.337 e. The van der Waals surface area contributed by atoms with Crippen LogP contribution in [0.1, 0.15) is 10.4 Å². The number of benzene rings is 2. The predicted molar refractivity (Wildman–Crippen MR) is 94.1 cm³/mol. The van der Waals surface area contributed by atoms with Crippen molar-refractivity contribution in [3.63, 3.8) is 0 Å². The molecule has 0 radical (unpaired) electrons. The molecule has 0 saturated carbocycles. The number of hydrazine groups is 2. The van der Waals surface area contributed by atoms with E-state index in [1.165, 1.54) is 25.3 Å². The summed E-state index contributed by atoms with van der Waals surface area (Å²) in [4.78, 5) is 23.8. The van der Waals surface area contributed by atoms with Gasteiger partial charge >= 0.3 is 16.2 Å². The number of anilines is 1. The van der Waals surface area contributed by atoms with Crippen LogP contribution >= 0.6 is 0 Å². The Morgan fingerprint density at radius 3 is 2.37 bits per heavy atom. The van der Waals surface area contributed by atoms with E-state index in [0.717, 1.165) is 12.1 Å². The quantitative estimate of drug-likeness (QED) is 0.520. The number of carbonyl (C=O) groups is 2. The van der Waals surface area contributed by atoms with Gasteiger partial charge in [0.2, 0.25) is 0 Å². The lowest BCUT2D eigenvalue weighted by atomic mass is 10.2. The maximum absolute atomic E-state index is 13.8. The molecule has 0 heterocycles. The van der Waals surface area contributed by atoms with Crippen LogP contribution in [0.15, 0.2) is 48.5 Å². The van der Waals surface area contributed by atoms with Crippen molar-refractivity contribution in [2.75, 3.05) is 11.5 Å². The number of nitrogens with two attached hydrogens (primary N) is 1. The van der Waals surface area contributed by atoms with Crippen LogP contribution in [0.3, 0.4) is 0 Å². The summed E-state index contributed by atoms with van der Waals surface area (Å²) in [6, 6.07) is 9.87. The van der Waals surface area contributed by atoms with Gasteiger partial charge in [-0.1, -0.05) is 18.2 Å². The Balaban J connectivity index is 2.03. The van der Waals surface area contributed by atoms with Gasteiger partial charge in [0, 0.05) is 6.07 Å². The SMILES string of the molecule is COc1ccc(C(=O)NC(=O)NNN(c2ccccc2)S(N)(=O)=O)c(F)c1. The van der Waals surface area contributed by atoms with Crippen LogP contribution in [0, 0.1) is 5.82 Å². The number of rotatable bonds is 6. The standard InChI is InChI=1S/C15H16FN5O5S/c1-26-11-7-8-12(13(16)9-11)14(22)18-15(23)19-20-21(27(17,24)25)10-5-3-2-4-6-10/h2-9,20H,1H3,(H2,17,24,25)(H2,18,19,22,23). The van der Waals surface area contributed by atoms with Gasteiger partial charge in [0.15, 0.2) is 0 Å². The van der Waals surface area contributed by atoms with Crippen molar-refractivity contribution in [3.8, 4) is 5.75 Å². The Labute approximate surface area is 154 Å². The monoisotopic (exact) mass is 397 g/mol. The number of halogens is 1. The van der Waals surface area contributed by atoms with Gasteiger partial charge in [-0.25, -0.2) is 14.3 Å². The second-order valence-electron chi connectivity index (χ2n) is 5.01. The lowest BCUT2D eigenvalue weighted by molar-refractivity contribution is 0.0959. The van der Waals surface area contributed by atoms with Crippen LogP contribution in [0.4, 0.5) is 14.9 Å². The van der Waals surface area contributed by atoms with E-state index in [-0.39, 0.29) is 11.4 Å². The lowest BCUT2D eigenvalue weighted by Gasteiger charge is -2.22. The zero-order valence-electron chi connectivity index (χ0n) is 14.0. The van der Waals surface area contributed by atoms with Crippen LogP contribution in [0.25, 0.3) is 0 Å². The second kappa shape index (κ2) is 8.44. The molecule has 0 aliphatic rings. The molecular formula is C15H16FN5O5S. The van der Waals surface area contributed by atoms with Crippen molar-refractivity contribution in [2.24, 2.45) is 5.14 Å². The normalized spacial score (nSPS) is 10.8. The molecule has 0 spiro atoms. The molecule has 0 aliphatic heterocycles. The Morgan fingerprint density at radius 1 is 1.15 bits per heavy atom. The van der Waals surface area contributed by atoms with Crippen LogP contribution < -0.4 is 30.6 Å². The zero-order chi connectivity index (χ0) is 20.0. The highest BCUT2D eigenvalue weighted by Crippen LogP contribution is 2.16. The first kappa shape index (κ1) is 20.1. The number of urea groups is 1. The summed E-state index contributed by atoms with van der Waals surface area (Å²) in [5.41, 5.74) is 3.69. The Bertz CT molecular complexity index is 939. The molecule has 10 nitrogen and oxygen atoms in total. The van der Waals surface area contributed by atoms with Crippen molar-refractivity contribution >= 4 is 27.8 Å². The summed E-state index contributed by atoms with van der Waals surface area (Å²) in [6.45, 7) is 0. The fourth-order valence-corrected chi connectivity index (χ4v) is 2.54. The average Bonchev–Trinajstić information content (AvgIpc) is 2.61. The molecule has 5 N–H and O–H groups in total. The van der Waals surface area contributed by atoms with Gasteiger partial charge in [-0.15, -0.1) is 5.53 Å². The summed E-state index contributed by atoms with van der Waals surface area (Å²) in [7, 11) is -2.96. The van der Waals surface area contributed by atoms with Gasteiger partial charge in [0.05, 0.1) is 18.4 Å². The van der Waals surface area contributed by atoms with E-state index in [1.807, 2.05) is 10.7 Å². The third kappa shape index (κ3) is 5.37. The number of hydrogen-bond acceptors (Lipinski definition) is 6. The van der Waals surface area contributed by atoms with E-state index in [1.54, 1.807) is 18.2 Å². The third-order valence-electron chi connectivity index (χ3n) is 3.16. The molecule has 0 atom stereocenters. The molecule has 12 heteroatoms. The van der Waals surface area contributed by atoms with Crippen molar-refractivity contribution in [3.05, 3.63) is 59.9 Å². The van der Waals surface area contributed by atoms with Gasteiger partial charge in [-0.3, -0.25) is 15.5 Å².